The van der Waals surface area contributed by atoms with Gasteiger partial charge in [-0.3, -0.25) is 10.1 Å². The predicted molar refractivity (Wildman–Crippen MR) is 89.0 cm³/mol. The quantitative estimate of drug-likeness (QED) is 0.820. The number of carbonyl (C=O) groups excluding carboxylic acids is 1. The maximum Gasteiger partial charge on any atom is 0.238 e. The lowest BCUT2D eigenvalue weighted by Gasteiger charge is -2.16. The van der Waals surface area contributed by atoms with Crippen LogP contribution in [0, 0.1) is 0 Å². The molecule has 0 aliphatic carbocycles. The molecule has 4 nitrogen and oxygen atoms in total. The standard InChI is InChI=1S/C18H24N2O2/c1-4-14-8-6-9-15(5-2)18(14)20-17(21)12-19-13(3)16-10-7-11-22-16/h6-11,13,19H,4-5,12H2,1-3H3,(H,20,21)/t13-/m0/s1. The van der Waals surface area contributed by atoms with Crippen LogP contribution in [0.2, 0.25) is 0 Å². The Labute approximate surface area is 131 Å². The fraction of sp³-hybridized carbons (Fsp3) is 0.389. The van der Waals surface area contributed by atoms with Crippen molar-refractivity contribution in [2.45, 2.75) is 39.7 Å². The average Bonchev–Trinajstić information content (AvgIpc) is 3.07. The molecule has 0 saturated carbocycles. The van der Waals surface area contributed by atoms with Gasteiger partial charge in [0, 0.05) is 5.69 Å². The van der Waals surface area contributed by atoms with Crippen molar-refractivity contribution in [2.75, 3.05) is 11.9 Å². The number of carbonyl (C=O) groups is 1. The molecule has 1 aromatic heterocycles. The third kappa shape index (κ3) is 3.98. The SMILES string of the molecule is CCc1cccc(CC)c1NC(=O)CN[C@@H](C)c1ccco1. The van der Waals surface area contributed by atoms with E-state index in [0.29, 0.717) is 0 Å². The first-order valence-electron chi connectivity index (χ1n) is 7.83. The summed E-state index contributed by atoms with van der Waals surface area (Å²) in [6.07, 6.45) is 3.44. The Morgan fingerprint density at radius 1 is 1.14 bits per heavy atom. The predicted octanol–water partition coefficient (Wildman–Crippen LogP) is 3.69. The van der Waals surface area contributed by atoms with Crippen LogP contribution < -0.4 is 10.6 Å². The molecule has 2 rings (SSSR count). The van der Waals surface area contributed by atoms with Gasteiger partial charge in [-0.15, -0.1) is 0 Å². The van der Waals surface area contributed by atoms with E-state index in [1.807, 2.05) is 25.1 Å². The van der Waals surface area contributed by atoms with Gasteiger partial charge in [-0.2, -0.15) is 0 Å². The maximum absolute atomic E-state index is 12.2. The Morgan fingerprint density at radius 3 is 2.36 bits per heavy atom. The summed E-state index contributed by atoms with van der Waals surface area (Å²) in [6, 6.07) is 9.93. The van der Waals surface area contributed by atoms with Crippen LogP contribution in [0.3, 0.4) is 0 Å². The van der Waals surface area contributed by atoms with Gasteiger partial charge in [-0.1, -0.05) is 32.0 Å². The number of para-hydroxylation sites is 1. The number of benzene rings is 1. The highest BCUT2D eigenvalue weighted by Gasteiger charge is 2.12. The van der Waals surface area contributed by atoms with Gasteiger partial charge in [-0.05, 0) is 43.0 Å². The largest absolute Gasteiger partial charge is 0.468 e. The molecule has 2 aromatic rings. The van der Waals surface area contributed by atoms with Crippen molar-refractivity contribution in [2.24, 2.45) is 0 Å². The molecule has 2 N–H and O–H groups in total. The zero-order valence-electron chi connectivity index (χ0n) is 13.5. The van der Waals surface area contributed by atoms with Crippen LogP contribution >= 0.6 is 0 Å². The van der Waals surface area contributed by atoms with Crippen LogP contribution in [0.25, 0.3) is 0 Å². The summed E-state index contributed by atoms with van der Waals surface area (Å²) in [5.41, 5.74) is 3.31. The topological polar surface area (TPSA) is 54.3 Å². The maximum atomic E-state index is 12.2. The van der Waals surface area contributed by atoms with Gasteiger partial charge in [0.1, 0.15) is 5.76 Å². The lowest BCUT2D eigenvalue weighted by atomic mass is 10.0. The van der Waals surface area contributed by atoms with Crippen molar-refractivity contribution in [3.63, 3.8) is 0 Å². The summed E-state index contributed by atoms with van der Waals surface area (Å²) in [6.45, 7) is 6.43. The van der Waals surface area contributed by atoms with Gasteiger partial charge in [0.25, 0.3) is 0 Å². The van der Waals surface area contributed by atoms with Crippen molar-refractivity contribution in [1.29, 1.82) is 0 Å². The zero-order chi connectivity index (χ0) is 15.9. The van der Waals surface area contributed by atoms with Crippen LogP contribution in [-0.2, 0) is 17.6 Å². The molecular formula is C18H24N2O2. The molecule has 22 heavy (non-hydrogen) atoms. The Hall–Kier alpha value is -2.07. The first-order chi connectivity index (χ1) is 10.7. The van der Waals surface area contributed by atoms with Crippen molar-refractivity contribution in [1.82, 2.24) is 5.32 Å². The third-order valence-corrected chi connectivity index (χ3v) is 3.80. The minimum atomic E-state index is -0.0333. The van der Waals surface area contributed by atoms with E-state index in [0.717, 1.165) is 24.3 Å². The normalized spacial score (nSPS) is 12.1. The smallest absolute Gasteiger partial charge is 0.238 e. The summed E-state index contributed by atoms with van der Waals surface area (Å²) in [7, 11) is 0. The lowest BCUT2D eigenvalue weighted by Crippen LogP contribution is -2.30. The lowest BCUT2D eigenvalue weighted by molar-refractivity contribution is -0.115. The minimum absolute atomic E-state index is 0.00724. The number of aryl methyl sites for hydroxylation is 2. The van der Waals surface area contributed by atoms with Crippen LogP contribution in [-0.4, -0.2) is 12.5 Å². The van der Waals surface area contributed by atoms with Crippen molar-refractivity contribution in [3.05, 3.63) is 53.5 Å². The summed E-state index contributed by atoms with van der Waals surface area (Å²) in [4.78, 5) is 12.2. The minimum Gasteiger partial charge on any atom is -0.468 e. The van der Waals surface area contributed by atoms with E-state index in [4.69, 9.17) is 4.42 Å². The van der Waals surface area contributed by atoms with Crippen LogP contribution in [0.15, 0.2) is 41.0 Å². The second-order valence-corrected chi connectivity index (χ2v) is 5.32. The molecule has 0 bridgehead atoms. The molecule has 1 amide bonds. The van der Waals surface area contributed by atoms with Gasteiger partial charge in [0.15, 0.2) is 0 Å². The van der Waals surface area contributed by atoms with Gasteiger partial charge in [-0.25, -0.2) is 0 Å². The first-order valence-corrected chi connectivity index (χ1v) is 7.83. The fourth-order valence-electron chi connectivity index (χ4n) is 2.47. The third-order valence-electron chi connectivity index (χ3n) is 3.80. The zero-order valence-corrected chi connectivity index (χ0v) is 13.5. The van der Waals surface area contributed by atoms with Crippen molar-refractivity contribution in [3.8, 4) is 0 Å². The molecule has 0 spiro atoms. The van der Waals surface area contributed by atoms with E-state index < -0.39 is 0 Å². The van der Waals surface area contributed by atoms with Gasteiger partial charge >= 0.3 is 0 Å². The van der Waals surface area contributed by atoms with E-state index in [2.05, 4.69) is 36.6 Å². The number of hydrogen-bond donors (Lipinski definition) is 2. The van der Waals surface area contributed by atoms with Crippen LogP contribution in [0.5, 0.6) is 0 Å². The Balaban J connectivity index is 1.97. The summed E-state index contributed by atoms with van der Waals surface area (Å²) < 4.78 is 5.32. The van der Waals surface area contributed by atoms with Crippen LogP contribution in [0.4, 0.5) is 5.69 Å². The van der Waals surface area contributed by atoms with Crippen molar-refractivity contribution < 1.29 is 9.21 Å². The van der Waals surface area contributed by atoms with Gasteiger partial charge in [0.2, 0.25) is 5.91 Å². The molecular weight excluding hydrogens is 276 g/mol. The molecule has 0 aliphatic rings. The fourth-order valence-corrected chi connectivity index (χ4v) is 2.47. The number of amides is 1. The molecule has 0 radical (unpaired) electrons. The average molecular weight is 300 g/mol. The highest BCUT2D eigenvalue weighted by atomic mass is 16.3. The van der Waals surface area contributed by atoms with Gasteiger partial charge in [0.05, 0.1) is 18.8 Å². The Morgan fingerprint density at radius 2 is 1.82 bits per heavy atom. The molecule has 4 heteroatoms. The van der Waals surface area contributed by atoms with Crippen LogP contribution in [0.1, 0.15) is 43.7 Å². The monoisotopic (exact) mass is 300 g/mol. The summed E-state index contributed by atoms with van der Waals surface area (Å²) in [5.74, 6) is 0.796. The summed E-state index contributed by atoms with van der Waals surface area (Å²) >= 11 is 0. The second kappa shape index (κ2) is 7.80. The number of anilines is 1. The van der Waals surface area contributed by atoms with Gasteiger partial charge < -0.3 is 9.73 Å². The summed E-state index contributed by atoms with van der Waals surface area (Å²) in [5, 5.41) is 6.22. The number of hydrogen-bond acceptors (Lipinski definition) is 3. The molecule has 1 heterocycles. The number of rotatable bonds is 7. The molecule has 1 aromatic carbocycles. The second-order valence-electron chi connectivity index (χ2n) is 5.32. The molecule has 118 valence electrons. The molecule has 0 aliphatic heterocycles. The molecule has 0 saturated heterocycles. The molecule has 0 fully saturated rings. The van der Waals surface area contributed by atoms with E-state index in [-0.39, 0.29) is 18.5 Å². The Kier molecular flexibility index (Phi) is 5.78. The van der Waals surface area contributed by atoms with E-state index in [1.54, 1.807) is 6.26 Å². The van der Waals surface area contributed by atoms with E-state index >= 15 is 0 Å². The Bertz CT molecular complexity index is 583. The molecule has 0 unspecified atom stereocenters. The van der Waals surface area contributed by atoms with Crippen molar-refractivity contribution >= 4 is 11.6 Å². The number of nitrogens with one attached hydrogen (secondary N) is 2. The molecule has 1 atom stereocenters. The van der Waals surface area contributed by atoms with E-state index in [9.17, 15) is 4.79 Å². The highest BCUT2D eigenvalue weighted by Crippen LogP contribution is 2.22. The number of furan rings is 1. The van der Waals surface area contributed by atoms with E-state index in [1.165, 1.54) is 11.1 Å². The highest BCUT2D eigenvalue weighted by molar-refractivity contribution is 5.93. The first kappa shape index (κ1) is 16.3.